The molecule has 2 rings (SSSR count). The summed E-state index contributed by atoms with van der Waals surface area (Å²) in [6.07, 6.45) is 0.874. The van der Waals surface area contributed by atoms with E-state index in [4.69, 9.17) is 21.1 Å². The van der Waals surface area contributed by atoms with Crippen molar-refractivity contribution in [3.05, 3.63) is 22.4 Å². The SMILES string of the molecule is CC1=C(C(=O)OC(C)(C)C)N2C(=O)[C@](Cl)(OC(C)C)[C@H]2S(=O)(=O)C1=CN(C)C. The summed E-state index contributed by atoms with van der Waals surface area (Å²) in [5, 5.41) is -3.67. The van der Waals surface area contributed by atoms with Crippen LogP contribution in [0.25, 0.3) is 0 Å². The van der Waals surface area contributed by atoms with Crippen LogP contribution in [-0.2, 0) is 28.9 Å². The Hall–Kier alpha value is -1.58. The monoisotopic (exact) mass is 434 g/mol. The highest BCUT2D eigenvalue weighted by Crippen LogP contribution is 2.51. The Balaban J connectivity index is 2.72. The zero-order valence-electron chi connectivity index (χ0n) is 17.4. The Bertz CT molecular complexity index is 869. The minimum Gasteiger partial charge on any atom is -0.455 e. The van der Waals surface area contributed by atoms with Crippen molar-refractivity contribution in [1.82, 2.24) is 9.80 Å². The minimum absolute atomic E-state index is 0.107. The van der Waals surface area contributed by atoms with E-state index in [1.807, 2.05) is 0 Å². The van der Waals surface area contributed by atoms with E-state index < -0.39 is 43.9 Å². The Morgan fingerprint density at radius 3 is 2.29 bits per heavy atom. The third-order valence-corrected chi connectivity index (χ3v) is 6.75. The summed E-state index contributed by atoms with van der Waals surface area (Å²) in [6.45, 7) is 9.79. The molecule has 1 fully saturated rings. The van der Waals surface area contributed by atoms with E-state index in [1.54, 1.807) is 53.6 Å². The van der Waals surface area contributed by atoms with Crippen LogP contribution in [-0.4, -0.2) is 66.3 Å². The summed E-state index contributed by atoms with van der Waals surface area (Å²) in [6, 6.07) is 0. The second-order valence-electron chi connectivity index (χ2n) is 8.32. The average molecular weight is 435 g/mol. The highest BCUT2D eigenvalue weighted by Gasteiger charge is 2.72. The van der Waals surface area contributed by atoms with Gasteiger partial charge in [0, 0.05) is 25.9 Å². The molecular weight excluding hydrogens is 408 g/mol. The second-order valence-corrected chi connectivity index (χ2v) is 10.9. The normalized spacial score (nSPS) is 28.4. The number of nitrogens with zero attached hydrogens (tertiary/aromatic N) is 2. The van der Waals surface area contributed by atoms with Crippen LogP contribution in [0.3, 0.4) is 0 Å². The van der Waals surface area contributed by atoms with Gasteiger partial charge in [0.2, 0.25) is 9.84 Å². The number of allylic oxidation sites excluding steroid dienone is 1. The molecule has 2 aliphatic rings. The fraction of sp³-hybridized carbons (Fsp3) is 0.667. The number of amides is 1. The Kier molecular flexibility index (Phi) is 5.70. The van der Waals surface area contributed by atoms with Crippen LogP contribution in [0.15, 0.2) is 22.4 Å². The molecule has 0 spiro atoms. The first-order chi connectivity index (χ1) is 12.5. The maximum atomic E-state index is 13.3. The number of halogens is 1. The van der Waals surface area contributed by atoms with Gasteiger partial charge >= 0.3 is 5.97 Å². The molecule has 0 unspecified atom stereocenters. The average Bonchev–Trinajstić information content (AvgIpc) is 2.47. The van der Waals surface area contributed by atoms with Crippen LogP contribution in [0, 0.1) is 0 Å². The Labute approximate surface area is 171 Å². The van der Waals surface area contributed by atoms with Gasteiger partial charge in [-0.15, -0.1) is 0 Å². The van der Waals surface area contributed by atoms with Crippen LogP contribution >= 0.6 is 11.6 Å². The van der Waals surface area contributed by atoms with Crippen molar-refractivity contribution in [2.24, 2.45) is 0 Å². The van der Waals surface area contributed by atoms with E-state index >= 15 is 0 Å². The molecule has 1 saturated heterocycles. The molecular formula is C18H27ClN2O6S. The summed E-state index contributed by atoms with van der Waals surface area (Å²) in [5.74, 6) is -1.60. The van der Waals surface area contributed by atoms with E-state index in [-0.39, 0.29) is 16.2 Å². The smallest absolute Gasteiger partial charge is 0.355 e. The van der Waals surface area contributed by atoms with Gasteiger partial charge in [-0.1, -0.05) is 11.6 Å². The van der Waals surface area contributed by atoms with Crippen molar-refractivity contribution >= 4 is 33.3 Å². The summed E-state index contributed by atoms with van der Waals surface area (Å²) in [4.78, 5) is 28.0. The Morgan fingerprint density at radius 2 is 1.86 bits per heavy atom. The number of hydrogen-bond donors (Lipinski definition) is 0. The molecule has 10 heteroatoms. The van der Waals surface area contributed by atoms with Gasteiger partial charge < -0.3 is 14.4 Å². The van der Waals surface area contributed by atoms with Crippen LogP contribution in [0.4, 0.5) is 0 Å². The van der Waals surface area contributed by atoms with Gasteiger partial charge in [0.25, 0.3) is 11.0 Å². The van der Waals surface area contributed by atoms with Crippen molar-refractivity contribution in [1.29, 1.82) is 0 Å². The molecule has 0 radical (unpaired) electrons. The fourth-order valence-electron chi connectivity index (χ4n) is 3.10. The molecule has 2 heterocycles. The third kappa shape index (κ3) is 3.67. The molecule has 158 valence electrons. The first-order valence-electron chi connectivity index (χ1n) is 8.81. The molecule has 0 saturated carbocycles. The molecule has 0 aromatic heterocycles. The number of hydrogen-bond acceptors (Lipinski definition) is 7. The minimum atomic E-state index is -4.10. The third-order valence-electron chi connectivity index (χ3n) is 4.00. The number of sulfone groups is 1. The Morgan fingerprint density at radius 1 is 1.32 bits per heavy atom. The standard InChI is InChI=1S/C18H27ClN2O6S/c1-10(2)26-18(19)15(23)21-13(14(22)27-17(4,5)6)11(3)12(9-20(7)8)28(24,25)16(18)21/h9-10,16H,1-8H3/t16-,18+/m1/s1. The molecule has 0 aromatic rings. The van der Waals surface area contributed by atoms with Crippen molar-refractivity contribution in [3.8, 4) is 0 Å². The number of alkyl halides is 1. The molecule has 0 aliphatic carbocycles. The van der Waals surface area contributed by atoms with E-state index in [9.17, 15) is 18.0 Å². The van der Waals surface area contributed by atoms with Crippen LogP contribution in [0.1, 0.15) is 41.5 Å². The maximum Gasteiger partial charge on any atom is 0.355 e. The number of fused-ring (bicyclic) bond motifs is 1. The molecule has 0 bridgehead atoms. The highest BCUT2D eigenvalue weighted by molar-refractivity contribution is 7.96. The van der Waals surface area contributed by atoms with E-state index in [0.29, 0.717) is 0 Å². The lowest BCUT2D eigenvalue weighted by Gasteiger charge is -2.53. The van der Waals surface area contributed by atoms with Crippen molar-refractivity contribution in [2.75, 3.05) is 14.1 Å². The van der Waals surface area contributed by atoms with Gasteiger partial charge in [0.15, 0.2) is 5.37 Å². The lowest BCUT2D eigenvalue weighted by molar-refractivity contribution is -0.180. The lowest BCUT2D eigenvalue weighted by Crippen LogP contribution is -2.76. The van der Waals surface area contributed by atoms with Crippen molar-refractivity contribution < 1.29 is 27.5 Å². The number of rotatable bonds is 4. The predicted molar refractivity (Wildman–Crippen MR) is 105 cm³/mol. The topological polar surface area (TPSA) is 93.2 Å². The summed E-state index contributed by atoms with van der Waals surface area (Å²) >= 11 is 6.36. The number of ether oxygens (including phenoxy) is 2. The molecule has 0 aromatic carbocycles. The van der Waals surface area contributed by atoms with Gasteiger partial charge in [0.05, 0.1) is 11.0 Å². The van der Waals surface area contributed by atoms with E-state index in [1.165, 1.54) is 13.1 Å². The number of esters is 1. The number of carbonyl (C=O) groups is 2. The van der Waals surface area contributed by atoms with Gasteiger partial charge in [-0.05, 0) is 41.5 Å². The van der Waals surface area contributed by atoms with Crippen molar-refractivity contribution in [2.45, 2.75) is 63.7 Å². The van der Waals surface area contributed by atoms with E-state index in [2.05, 4.69) is 0 Å². The largest absolute Gasteiger partial charge is 0.455 e. The molecule has 2 aliphatic heterocycles. The molecule has 28 heavy (non-hydrogen) atoms. The lowest BCUT2D eigenvalue weighted by atomic mass is 10.0. The van der Waals surface area contributed by atoms with Crippen LogP contribution < -0.4 is 0 Å². The van der Waals surface area contributed by atoms with E-state index in [0.717, 1.165) is 4.90 Å². The van der Waals surface area contributed by atoms with Crippen LogP contribution in [0.2, 0.25) is 0 Å². The maximum absolute atomic E-state index is 13.3. The summed E-state index contributed by atoms with van der Waals surface area (Å²) in [7, 11) is -0.798. The zero-order chi connectivity index (χ0) is 21.8. The first-order valence-corrected chi connectivity index (χ1v) is 10.7. The van der Waals surface area contributed by atoms with Gasteiger partial charge in [-0.25, -0.2) is 13.2 Å². The number of carbonyl (C=O) groups excluding carboxylic acids is 2. The fourth-order valence-corrected chi connectivity index (χ4v) is 5.97. The predicted octanol–water partition coefficient (Wildman–Crippen LogP) is 1.96. The van der Waals surface area contributed by atoms with Crippen molar-refractivity contribution in [3.63, 3.8) is 0 Å². The molecule has 1 amide bonds. The van der Waals surface area contributed by atoms with Gasteiger partial charge in [-0.3, -0.25) is 9.69 Å². The second kappa shape index (κ2) is 7.03. The highest BCUT2D eigenvalue weighted by atomic mass is 35.5. The summed E-state index contributed by atoms with van der Waals surface area (Å²) in [5.41, 5.74) is -0.852. The quantitative estimate of drug-likeness (QED) is 0.379. The van der Waals surface area contributed by atoms with Crippen LogP contribution in [0.5, 0.6) is 0 Å². The number of β-lactam (4-membered cyclic amide) rings is 1. The van der Waals surface area contributed by atoms with Gasteiger partial charge in [0.1, 0.15) is 11.3 Å². The first kappa shape index (κ1) is 22.7. The molecule has 8 nitrogen and oxygen atoms in total. The molecule has 2 atom stereocenters. The summed E-state index contributed by atoms with van der Waals surface area (Å²) < 4.78 is 37.5. The van der Waals surface area contributed by atoms with Gasteiger partial charge in [-0.2, -0.15) is 0 Å². The zero-order valence-corrected chi connectivity index (χ0v) is 18.9. The molecule has 0 N–H and O–H groups in total.